The zero-order valence-electron chi connectivity index (χ0n) is 20.3. The van der Waals surface area contributed by atoms with Crippen molar-refractivity contribution >= 4 is 17.2 Å². The number of nitrogens with one attached hydrogen (secondary N) is 1. The van der Waals surface area contributed by atoms with E-state index in [1.54, 1.807) is 12.1 Å². The van der Waals surface area contributed by atoms with Crippen molar-refractivity contribution in [2.24, 2.45) is 0 Å². The first kappa shape index (κ1) is 23.1. The zero-order valence-corrected chi connectivity index (χ0v) is 20.3. The quantitative estimate of drug-likeness (QED) is 0.396. The van der Waals surface area contributed by atoms with Gasteiger partial charge >= 0.3 is 0 Å². The SMILES string of the molecule is CCc1nc2c(C)cccn2c1C(=O)NCc1ccc(N2CCC(c3ccc(F)cc3)CC2)cc1. The number of aromatic nitrogens is 2. The number of pyridine rings is 1. The Bertz CT molecular complexity index is 1320. The molecule has 35 heavy (non-hydrogen) atoms. The van der Waals surface area contributed by atoms with Crippen LogP contribution in [0.5, 0.6) is 0 Å². The lowest BCUT2D eigenvalue weighted by Crippen LogP contribution is -2.32. The van der Waals surface area contributed by atoms with E-state index in [-0.39, 0.29) is 11.7 Å². The average Bonchev–Trinajstić information content (AvgIpc) is 3.28. The third kappa shape index (κ3) is 4.78. The van der Waals surface area contributed by atoms with Crippen LogP contribution in [0.15, 0.2) is 66.9 Å². The molecule has 1 fully saturated rings. The van der Waals surface area contributed by atoms with E-state index in [9.17, 15) is 9.18 Å². The summed E-state index contributed by atoms with van der Waals surface area (Å²) in [5.41, 5.74) is 6.81. The van der Waals surface area contributed by atoms with Gasteiger partial charge in [0.2, 0.25) is 0 Å². The van der Waals surface area contributed by atoms with Crippen LogP contribution in [0.4, 0.5) is 10.1 Å². The molecule has 180 valence electrons. The number of carbonyl (C=O) groups is 1. The Morgan fingerprint density at radius 2 is 1.77 bits per heavy atom. The Kier molecular flexibility index (Phi) is 6.53. The molecule has 0 atom stereocenters. The fourth-order valence-electron chi connectivity index (χ4n) is 5.03. The first-order valence-electron chi connectivity index (χ1n) is 12.4. The second-order valence-corrected chi connectivity index (χ2v) is 9.31. The Hall–Kier alpha value is -3.67. The minimum absolute atomic E-state index is 0.105. The molecule has 0 bridgehead atoms. The van der Waals surface area contributed by atoms with Crippen molar-refractivity contribution < 1.29 is 9.18 Å². The van der Waals surface area contributed by atoms with Gasteiger partial charge < -0.3 is 10.2 Å². The molecule has 1 aliphatic rings. The largest absolute Gasteiger partial charge is 0.371 e. The molecule has 2 aromatic heterocycles. The van der Waals surface area contributed by atoms with Crippen molar-refractivity contribution in [3.05, 3.63) is 101 Å². The number of piperidine rings is 1. The number of hydrogen-bond donors (Lipinski definition) is 1. The van der Waals surface area contributed by atoms with Crippen LogP contribution in [0, 0.1) is 12.7 Å². The van der Waals surface area contributed by atoms with Crippen molar-refractivity contribution in [1.82, 2.24) is 14.7 Å². The maximum atomic E-state index is 13.2. The van der Waals surface area contributed by atoms with Crippen LogP contribution in [0.3, 0.4) is 0 Å². The van der Waals surface area contributed by atoms with Gasteiger partial charge in [0, 0.05) is 31.5 Å². The van der Waals surface area contributed by atoms with Crippen LogP contribution >= 0.6 is 0 Å². The second-order valence-electron chi connectivity index (χ2n) is 9.31. The maximum Gasteiger partial charge on any atom is 0.270 e. The van der Waals surface area contributed by atoms with Crippen LogP contribution in [-0.4, -0.2) is 28.4 Å². The van der Waals surface area contributed by atoms with E-state index in [0.717, 1.165) is 48.4 Å². The molecule has 1 aliphatic heterocycles. The number of carbonyl (C=O) groups excluding carboxylic acids is 1. The molecule has 0 unspecified atom stereocenters. The molecule has 0 saturated carbocycles. The van der Waals surface area contributed by atoms with Gasteiger partial charge in [-0.05, 0) is 79.1 Å². The zero-order chi connectivity index (χ0) is 24.4. The molecule has 1 N–H and O–H groups in total. The fraction of sp³-hybridized carbons (Fsp3) is 0.310. The minimum Gasteiger partial charge on any atom is -0.371 e. The summed E-state index contributed by atoms with van der Waals surface area (Å²) in [6, 6.07) is 19.3. The summed E-state index contributed by atoms with van der Waals surface area (Å²) in [4.78, 5) is 20.1. The molecule has 4 aromatic rings. The van der Waals surface area contributed by atoms with Crippen LogP contribution in [0.1, 0.15) is 58.6 Å². The molecule has 5 rings (SSSR count). The number of amides is 1. The van der Waals surface area contributed by atoms with E-state index in [0.29, 0.717) is 24.6 Å². The van der Waals surface area contributed by atoms with E-state index < -0.39 is 0 Å². The summed E-state index contributed by atoms with van der Waals surface area (Å²) in [6.45, 7) is 6.45. The summed E-state index contributed by atoms with van der Waals surface area (Å²) >= 11 is 0. The normalized spacial score (nSPS) is 14.4. The molecule has 0 spiro atoms. The third-order valence-corrected chi connectivity index (χ3v) is 7.06. The van der Waals surface area contributed by atoms with Gasteiger partial charge in [0.1, 0.15) is 17.2 Å². The van der Waals surface area contributed by atoms with Gasteiger partial charge in [-0.15, -0.1) is 0 Å². The highest BCUT2D eigenvalue weighted by atomic mass is 19.1. The van der Waals surface area contributed by atoms with Gasteiger partial charge in [-0.2, -0.15) is 0 Å². The first-order chi connectivity index (χ1) is 17.0. The highest BCUT2D eigenvalue weighted by Gasteiger charge is 2.21. The number of anilines is 1. The molecule has 0 radical (unpaired) electrons. The van der Waals surface area contributed by atoms with Gasteiger partial charge in [0.25, 0.3) is 5.91 Å². The van der Waals surface area contributed by atoms with Gasteiger partial charge in [0.05, 0.1) is 5.69 Å². The highest BCUT2D eigenvalue weighted by Crippen LogP contribution is 2.30. The Labute approximate surface area is 205 Å². The predicted molar refractivity (Wildman–Crippen MR) is 138 cm³/mol. The second kappa shape index (κ2) is 9.90. The lowest BCUT2D eigenvalue weighted by molar-refractivity contribution is 0.0944. The van der Waals surface area contributed by atoms with Crippen LogP contribution < -0.4 is 10.2 Å². The number of halogens is 1. The molecule has 5 nitrogen and oxygen atoms in total. The lowest BCUT2D eigenvalue weighted by Gasteiger charge is -2.34. The molecular weight excluding hydrogens is 439 g/mol. The van der Waals surface area contributed by atoms with Crippen LogP contribution in [-0.2, 0) is 13.0 Å². The van der Waals surface area contributed by atoms with E-state index >= 15 is 0 Å². The molecule has 1 saturated heterocycles. The van der Waals surface area contributed by atoms with Gasteiger partial charge in [-0.25, -0.2) is 9.37 Å². The number of fused-ring (bicyclic) bond motifs is 1. The smallest absolute Gasteiger partial charge is 0.270 e. The van der Waals surface area contributed by atoms with Crippen molar-refractivity contribution in [2.45, 2.75) is 45.6 Å². The Morgan fingerprint density at radius 3 is 2.46 bits per heavy atom. The van der Waals surface area contributed by atoms with Crippen LogP contribution in [0.2, 0.25) is 0 Å². The average molecular weight is 471 g/mol. The molecule has 3 heterocycles. The topological polar surface area (TPSA) is 49.6 Å². The summed E-state index contributed by atoms with van der Waals surface area (Å²) in [7, 11) is 0. The minimum atomic E-state index is -0.179. The van der Waals surface area contributed by atoms with Gasteiger partial charge in [-0.3, -0.25) is 9.20 Å². The lowest BCUT2D eigenvalue weighted by atomic mass is 9.89. The number of benzene rings is 2. The highest BCUT2D eigenvalue weighted by molar-refractivity contribution is 5.94. The Balaban J connectivity index is 1.20. The Morgan fingerprint density at radius 1 is 1.06 bits per heavy atom. The van der Waals surface area contributed by atoms with Gasteiger partial charge in [-0.1, -0.05) is 37.3 Å². The van der Waals surface area contributed by atoms with Gasteiger partial charge in [0.15, 0.2) is 0 Å². The molecule has 6 heteroatoms. The van der Waals surface area contributed by atoms with E-state index in [1.165, 1.54) is 11.3 Å². The van der Waals surface area contributed by atoms with Crippen LogP contribution in [0.25, 0.3) is 5.65 Å². The molecule has 1 amide bonds. The van der Waals surface area contributed by atoms with E-state index in [1.807, 2.05) is 48.7 Å². The monoisotopic (exact) mass is 470 g/mol. The molecule has 0 aliphatic carbocycles. The van der Waals surface area contributed by atoms with Crippen molar-refractivity contribution in [2.75, 3.05) is 18.0 Å². The van der Waals surface area contributed by atoms with Crippen molar-refractivity contribution in [3.8, 4) is 0 Å². The third-order valence-electron chi connectivity index (χ3n) is 7.06. The maximum absolute atomic E-state index is 13.2. The fourth-order valence-corrected chi connectivity index (χ4v) is 5.03. The molecule has 2 aromatic carbocycles. The summed E-state index contributed by atoms with van der Waals surface area (Å²) in [6.07, 6.45) is 4.72. The summed E-state index contributed by atoms with van der Waals surface area (Å²) in [5.74, 6) is 0.201. The standard InChI is InChI=1S/C29H31FN4O/c1-3-26-27(34-16-4-5-20(2)28(34)32-26)29(35)31-19-21-6-12-25(13-7-21)33-17-14-23(15-18-33)22-8-10-24(30)11-9-22/h4-13,16,23H,3,14-15,17-19H2,1-2H3,(H,31,35). The van der Waals surface area contributed by atoms with Crippen molar-refractivity contribution in [1.29, 1.82) is 0 Å². The first-order valence-corrected chi connectivity index (χ1v) is 12.4. The number of rotatable bonds is 6. The predicted octanol–water partition coefficient (Wildman–Crippen LogP) is 5.66. The van der Waals surface area contributed by atoms with Crippen molar-refractivity contribution in [3.63, 3.8) is 0 Å². The number of hydrogen-bond acceptors (Lipinski definition) is 3. The molecular formula is C29H31FN4O. The number of imidazole rings is 1. The number of aryl methyl sites for hydroxylation is 2. The van der Waals surface area contributed by atoms with E-state index in [2.05, 4.69) is 39.5 Å². The summed E-state index contributed by atoms with van der Waals surface area (Å²) < 4.78 is 15.1. The number of nitrogens with zero attached hydrogens (tertiary/aromatic N) is 3. The summed E-state index contributed by atoms with van der Waals surface area (Å²) in [5, 5.41) is 3.07. The van der Waals surface area contributed by atoms with E-state index in [4.69, 9.17) is 0 Å².